The van der Waals surface area contributed by atoms with Crippen LogP contribution >= 0.6 is 0 Å². The van der Waals surface area contributed by atoms with Gasteiger partial charge in [-0.1, -0.05) is 13.8 Å². The van der Waals surface area contributed by atoms with Crippen molar-refractivity contribution < 1.29 is 10.2 Å². The normalized spacial score (nSPS) is 2.50. The standard InChI is InChI=1S/C2H6.2CHNO/c1-2;2*2-1-3/h1-2H3;2*3H. The molecule has 0 aliphatic rings. The maximum absolute atomic E-state index is 6.88. The monoisotopic (exact) mass is 116 g/mol. The van der Waals surface area contributed by atoms with E-state index in [0.29, 0.717) is 0 Å². The Morgan fingerprint density at radius 1 is 1.00 bits per heavy atom. The van der Waals surface area contributed by atoms with Gasteiger partial charge >= 0.3 is 0 Å². The Balaban J connectivity index is -0.0000000483. The lowest BCUT2D eigenvalue weighted by molar-refractivity contribution is 0.502. The van der Waals surface area contributed by atoms with E-state index in [9.17, 15) is 0 Å². The number of rotatable bonds is 0. The van der Waals surface area contributed by atoms with Gasteiger partial charge in [0.1, 0.15) is 0 Å². The van der Waals surface area contributed by atoms with Crippen LogP contribution in [0.25, 0.3) is 0 Å². The van der Waals surface area contributed by atoms with Crippen LogP contribution in [0.4, 0.5) is 0 Å². The zero-order chi connectivity index (χ0) is 7.41. The van der Waals surface area contributed by atoms with Crippen LogP contribution in [0, 0.1) is 23.0 Å². The third-order valence-corrected chi connectivity index (χ3v) is 0. The Kier molecular flexibility index (Phi) is 695. The van der Waals surface area contributed by atoms with Gasteiger partial charge < -0.3 is 10.2 Å². The van der Waals surface area contributed by atoms with E-state index in [1.807, 2.05) is 13.8 Å². The van der Waals surface area contributed by atoms with Crippen molar-refractivity contribution in [2.45, 2.75) is 13.8 Å². The molecule has 0 fully saturated rings. The summed E-state index contributed by atoms with van der Waals surface area (Å²) in [5, 5.41) is 27.5. The minimum atomic E-state index is 0.750. The SMILES string of the molecule is CC.N#CO.N#CO. The molecule has 0 atom stereocenters. The quantitative estimate of drug-likeness (QED) is 0.456. The van der Waals surface area contributed by atoms with Gasteiger partial charge in [0.05, 0.1) is 0 Å². The highest BCUT2D eigenvalue weighted by molar-refractivity contribution is 4.31. The van der Waals surface area contributed by atoms with Crippen LogP contribution in [0.3, 0.4) is 0 Å². The minimum Gasteiger partial charge on any atom is -0.443 e. The van der Waals surface area contributed by atoms with E-state index in [1.165, 1.54) is 0 Å². The summed E-state index contributed by atoms with van der Waals surface area (Å²) in [5.41, 5.74) is 0. The molecule has 2 N–H and O–H groups in total. The van der Waals surface area contributed by atoms with Crippen molar-refractivity contribution in [3.05, 3.63) is 0 Å². The first kappa shape index (κ1) is 16.0. The average molecular weight is 116 g/mol. The molecular formula is C4H8N2O2. The lowest BCUT2D eigenvalue weighted by atomic mass is 11.0. The van der Waals surface area contributed by atoms with Gasteiger partial charge in [-0.15, -0.1) is 0 Å². The van der Waals surface area contributed by atoms with Crippen molar-refractivity contribution in [2.24, 2.45) is 0 Å². The topological polar surface area (TPSA) is 88.0 Å². The molecule has 0 saturated carbocycles. The minimum absolute atomic E-state index is 0.750. The number of hydrogen-bond acceptors (Lipinski definition) is 4. The van der Waals surface area contributed by atoms with Gasteiger partial charge in [0.2, 0.25) is 0 Å². The van der Waals surface area contributed by atoms with Crippen molar-refractivity contribution in [1.82, 2.24) is 0 Å². The van der Waals surface area contributed by atoms with Crippen LogP contribution in [-0.2, 0) is 0 Å². The Morgan fingerprint density at radius 2 is 1.00 bits per heavy atom. The van der Waals surface area contributed by atoms with E-state index in [4.69, 9.17) is 20.7 Å². The highest BCUT2D eigenvalue weighted by Crippen LogP contribution is 1.14. The van der Waals surface area contributed by atoms with E-state index in [-0.39, 0.29) is 0 Å². The smallest absolute Gasteiger partial charge is 0.283 e. The molecule has 0 saturated heterocycles. The molecule has 0 radical (unpaired) electrons. The number of aliphatic hydroxyl groups is 2. The zero-order valence-corrected chi connectivity index (χ0v) is 4.79. The number of nitrogens with zero attached hydrogens (tertiary/aromatic N) is 2. The lowest BCUT2D eigenvalue weighted by Crippen LogP contribution is -1.27. The van der Waals surface area contributed by atoms with Crippen LogP contribution in [0.15, 0.2) is 0 Å². The van der Waals surface area contributed by atoms with Gasteiger partial charge in [-0.05, 0) is 0 Å². The summed E-state index contributed by atoms with van der Waals surface area (Å²) in [5.74, 6) is 0. The molecule has 0 aliphatic carbocycles. The fourth-order valence-corrected chi connectivity index (χ4v) is 0. The predicted octanol–water partition coefficient (Wildman–Crippen LogP) is 0.706. The van der Waals surface area contributed by atoms with Crippen molar-refractivity contribution in [1.29, 1.82) is 10.5 Å². The molecule has 0 aliphatic heterocycles. The van der Waals surface area contributed by atoms with Gasteiger partial charge in [-0.3, -0.25) is 0 Å². The van der Waals surface area contributed by atoms with E-state index in [1.54, 1.807) is 0 Å². The molecule has 0 heterocycles. The van der Waals surface area contributed by atoms with Gasteiger partial charge in [-0.2, -0.15) is 10.5 Å². The van der Waals surface area contributed by atoms with E-state index in [0.717, 1.165) is 12.5 Å². The third-order valence-electron chi connectivity index (χ3n) is 0. The molecular weight excluding hydrogens is 108 g/mol. The molecule has 4 heteroatoms. The highest BCUT2D eigenvalue weighted by Gasteiger charge is 1.16. The van der Waals surface area contributed by atoms with Crippen LogP contribution in [0.2, 0.25) is 0 Å². The maximum atomic E-state index is 6.88. The van der Waals surface area contributed by atoms with Gasteiger partial charge in [-0.25, -0.2) is 0 Å². The Hall–Kier alpha value is -1.42. The molecule has 0 aromatic heterocycles. The van der Waals surface area contributed by atoms with Crippen molar-refractivity contribution in [3.63, 3.8) is 0 Å². The largest absolute Gasteiger partial charge is 0.443 e. The maximum Gasteiger partial charge on any atom is 0.283 e. The van der Waals surface area contributed by atoms with Crippen LogP contribution in [-0.4, -0.2) is 10.2 Å². The summed E-state index contributed by atoms with van der Waals surface area (Å²) in [6, 6.07) is 0. The molecule has 0 bridgehead atoms. The van der Waals surface area contributed by atoms with Crippen LogP contribution in [0.5, 0.6) is 0 Å². The molecule has 46 valence electrons. The number of aliphatic hydroxyl groups excluding tert-OH is 2. The Labute approximate surface area is 48.2 Å². The fraction of sp³-hybridized carbons (Fsp3) is 0.500. The van der Waals surface area contributed by atoms with Crippen molar-refractivity contribution in [3.8, 4) is 12.5 Å². The van der Waals surface area contributed by atoms with Crippen molar-refractivity contribution >= 4 is 0 Å². The number of hydrogen-bond donors (Lipinski definition) is 2. The third kappa shape index (κ3) is 29.1. The van der Waals surface area contributed by atoms with E-state index < -0.39 is 0 Å². The summed E-state index contributed by atoms with van der Waals surface area (Å²) in [7, 11) is 0. The second kappa shape index (κ2) is 348. The molecule has 0 aromatic rings. The lowest BCUT2D eigenvalue weighted by Gasteiger charge is -1.25. The van der Waals surface area contributed by atoms with Crippen LogP contribution in [0.1, 0.15) is 13.8 Å². The number of nitriles is 2. The molecule has 0 aromatic carbocycles. The summed E-state index contributed by atoms with van der Waals surface area (Å²) in [6.07, 6.45) is 1.50. The second-order valence-corrected chi connectivity index (χ2v) is 0.200. The van der Waals surface area contributed by atoms with E-state index in [2.05, 4.69) is 0 Å². The first-order valence-electron chi connectivity index (χ1n) is 1.89. The van der Waals surface area contributed by atoms with Crippen molar-refractivity contribution in [2.75, 3.05) is 0 Å². The summed E-state index contributed by atoms with van der Waals surface area (Å²) < 4.78 is 0. The molecule has 0 spiro atoms. The molecule has 0 rings (SSSR count). The molecule has 8 heavy (non-hydrogen) atoms. The average Bonchev–Trinajstić information content (AvgIpc) is 1.75. The summed E-state index contributed by atoms with van der Waals surface area (Å²) in [4.78, 5) is 0. The fourth-order valence-electron chi connectivity index (χ4n) is 0. The van der Waals surface area contributed by atoms with Gasteiger partial charge in [0.15, 0.2) is 0 Å². The van der Waals surface area contributed by atoms with Gasteiger partial charge in [0.25, 0.3) is 12.5 Å². The highest BCUT2D eigenvalue weighted by atomic mass is 16.2. The molecule has 0 unspecified atom stereocenters. The molecule has 4 nitrogen and oxygen atoms in total. The summed E-state index contributed by atoms with van der Waals surface area (Å²) in [6.45, 7) is 4.00. The Bertz CT molecular complexity index is 67.0. The second-order valence-electron chi connectivity index (χ2n) is 0.200. The Morgan fingerprint density at radius 3 is 1.00 bits per heavy atom. The van der Waals surface area contributed by atoms with Crippen LogP contribution < -0.4 is 0 Å². The zero-order valence-electron chi connectivity index (χ0n) is 4.79. The predicted molar refractivity (Wildman–Crippen MR) is 26.4 cm³/mol. The first-order chi connectivity index (χ1) is 3.83. The van der Waals surface area contributed by atoms with Gasteiger partial charge in [0, 0.05) is 0 Å². The van der Waals surface area contributed by atoms with E-state index >= 15 is 0 Å². The summed E-state index contributed by atoms with van der Waals surface area (Å²) >= 11 is 0. The molecule has 0 amide bonds. The first-order valence-corrected chi connectivity index (χ1v) is 1.89.